The fourth-order valence-electron chi connectivity index (χ4n) is 1.92. The SMILES string of the molecule is Cc1ccc2[nH]c(=S)n(CC(=O)NC3CC3)c2n1. The number of aromatic amines is 1. The summed E-state index contributed by atoms with van der Waals surface area (Å²) in [6.45, 7) is 2.15. The molecule has 0 atom stereocenters. The van der Waals surface area contributed by atoms with Gasteiger partial charge in [-0.3, -0.25) is 9.36 Å². The Bertz CT molecular complexity index is 668. The summed E-state index contributed by atoms with van der Waals surface area (Å²) in [6.07, 6.45) is 2.17. The predicted octanol–water partition coefficient (Wildman–Crippen LogP) is 1.68. The van der Waals surface area contributed by atoms with Crippen LogP contribution in [0.25, 0.3) is 11.2 Å². The van der Waals surface area contributed by atoms with E-state index in [1.54, 1.807) is 4.57 Å². The number of fused-ring (bicyclic) bond motifs is 1. The van der Waals surface area contributed by atoms with Crippen LogP contribution in [-0.4, -0.2) is 26.5 Å². The average molecular weight is 262 g/mol. The molecule has 0 saturated heterocycles. The van der Waals surface area contributed by atoms with Crippen LogP contribution in [0.3, 0.4) is 0 Å². The molecule has 0 aromatic carbocycles. The lowest BCUT2D eigenvalue weighted by atomic mass is 10.3. The average Bonchev–Trinajstić information content (AvgIpc) is 3.07. The minimum Gasteiger partial charge on any atom is -0.352 e. The number of H-pyrrole nitrogens is 1. The van der Waals surface area contributed by atoms with E-state index in [-0.39, 0.29) is 12.5 Å². The van der Waals surface area contributed by atoms with E-state index < -0.39 is 0 Å². The lowest BCUT2D eigenvalue weighted by molar-refractivity contribution is -0.121. The van der Waals surface area contributed by atoms with Crippen molar-refractivity contribution in [2.24, 2.45) is 0 Å². The van der Waals surface area contributed by atoms with Crippen molar-refractivity contribution < 1.29 is 4.79 Å². The number of carbonyl (C=O) groups excluding carboxylic acids is 1. The van der Waals surface area contributed by atoms with Crippen molar-refractivity contribution in [1.29, 1.82) is 0 Å². The monoisotopic (exact) mass is 262 g/mol. The molecular weight excluding hydrogens is 248 g/mol. The largest absolute Gasteiger partial charge is 0.352 e. The van der Waals surface area contributed by atoms with Gasteiger partial charge in [0.15, 0.2) is 10.4 Å². The quantitative estimate of drug-likeness (QED) is 0.827. The molecule has 0 spiro atoms. The van der Waals surface area contributed by atoms with E-state index in [1.807, 2.05) is 19.1 Å². The first-order valence-electron chi connectivity index (χ1n) is 5.99. The van der Waals surface area contributed by atoms with Crippen molar-refractivity contribution >= 4 is 29.3 Å². The first-order valence-corrected chi connectivity index (χ1v) is 6.40. The molecule has 6 heteroatoms. The molecule has 1 saturated carbocycles. The molecular formula is C12H14N4OS. The zero-order valence-electron chi connectivity index (χ0n) is 10.1. The van der Waals surface area contributed by atoms with Crippen LogP contribution >= 0.6 is 12.2 Å². The number of aromatic nitrogens is 3. The molecule has 2 aromatic heterocycles. The van der Waals surface area contributed by atoms with E-state index >= 15 is 0 Å². The van der Waals surface area contributed by atoms with Crippen LogP contribution in [-0.2, 0) is 11.3 Å². The molecule has 5 nitrogen and oxygen atoms in total. The van der Waals surface area contributed by atoms with Gasteiger partial charge in [-0.1, -0.05) is 0 Å². The zero-order chi connectivity index (χ0) is 12.7. The van der Waals surface area contributed by atoms with Crippen molar-refractivity contribution in [3.05, 3.63) is 22.6 Å². The van der Waals surface area contributed by atoms with E-state index in [4.69, 9.17) is 12.2 Å². The maximum atomic E-state index is 11.8. The Labute approximate surface area is 109 Å². The van der Waals surface area contributed by atoms with Gasteiger partial charge in [-0.05, 0) is 44.1 Å². The van der Waals surface area contributed by atoms with Gasteiger partial charge >= 0.3 is 0 Å². The highest BCUT2D eigenvalue weighted by Crippen LogP contribution is 2.19. The van der Waals surface area contributed by atoms with Gasteiger partial charge in [0.25, 0.3) is 0 Å². The second-order valence-corrected chi connectivity index (χ2v) is 5.07. The second-order valence-electron chi connectivity index (χ2n) is 4.68. The highest BCUT2D eigenvalue weighted by molar-refractivity contribution is 7.71. The van der Waals surface area contributed by atoms with E-state index in [2.05, 4.69) is 15.3 Å². The van der Waals surface area contributed by atoms with Crippen molar-refractivity contribution in [2.45, 2.75) is 32.4 Å². The molecule has 0 radical (unpaired) electrons. The topological polar surface area (TPSA) is 62.7 Å². The van der Waals surface area contributed by atoms with Crippen LogP contribution in [0.1, 0.15) is 18.5 Å². The Morgan fingerprint density at radius 2 is 2.39 bits per heavy atom. The van der Waals surface area contributed by atoms with Gasteiger partial charge in [-0.25, -0.2) is 4.98 Å². The summed E-state index contributed by atoms with van der Waals surface area (Å²) in [6, 6.07) is 4.22. The second kappa shape index (κ2) is 4.20. The predicted molar refractivity (Wildman–Crippen MR) is 70.8 cm³/mol. The number of hydrogen-bond acceptors (Lipinski definition) is 3. The summed E-state index contributed by atoms with van der Waals surface area (Å²) < 4.78 is 2.28. The highest BCUT2D eigenvalue weighted by atomic mass is 32.1. The van der Waals surface area contributed by atoms with E-state index in [9.17, 15) is 4.79 Å². The lowest BCUT2D eigenvalue weighted by Crippen LogP contribution is -2.29. The molecule has 94 valence electrons. The zero-order valence-corrected chi connectivity index (χ0v) is 10.9. The summed E-state index contributed by atoms with van der Waals surface area (Å²) in [4.78, 5) is 19.3. The fourth-order valence-corrected chi connectivity index (χ4v) is 2.18. The number of pyridine rings is 1. The molecule has 18 heavy (non-hydrogen) atoms. The molecule has 2 heterocycles. The minimum atomic E-state index is -0.00203. The molecule has 1 fully saturated rings. The smallest absolute Gasteiger partial charge is 0.240 e. The third-order valence-electron chi connectivity index (χ3n) is 3.00. The summed E-state index contributed by atoms with van der Waals surface area (Å²) in [5, 5.41) is 2.95. The molecule has 3 rings (SSSR count). The van der Waals surface area contributed by atoms with Gasteiger partial charge < -0.3 is 10.3 Å². The molecule has 2 N–H and O–H groups in total. The van der Waals surface area contributed by atoms with E-state index in [0.717, 1.165) is 29.7 Å². The maximum Gasteiger partial charge on any atom is 0.240 e. The number of amides is 1. The summed E-state index contributed by atoms with van der Waals surface area (Å²) >= 11 is 5.23. The molecule has 0 bridgehead atoms. The van der Waals surface area contributed by atoms with Gasteiger partial charge in [0.05, 0.1) is 5.52 Å². The summed E-state index contributed by atoms with van der Waals surface area (Å²) in [5.41, 5.74) is 2.52. The normalized spacial score (nSPS) is 14.9. The van der Waals surface area contributed by atoms with Crippen LogP contribution in [0, 0.1) is 11.7 Å². The summed E-state index contributed by atoms with van der Waals surface area (Å²) in [7, 11) is 0. The van der Waals surface area contributed by atoms with Crippen molar-refractivity contribution in [3.8, 4) is 0 Å². The standard InChI is InChI=1S/C12H14N4OS/c1-7-2-5-9-11(13-7)16(12(18)15-9)6-10(17)14-8-3-4-8/h2,5,8H,3-4,6H2,1H3,(H,14,17)(H,15,18). The Kier molecular flexibility index (Phi) is 2.66. The van der Waals surface area contributed by atoms with Crippen LogP contribution in [0.15, 0.2) is 12.1 Å². The van der Waals surface area contributed by atoms with Crippen LogP contribution in [0.2, 0.25) is 0 Å². The van der Waals surface area contributed by atoms with Gasteiger partial charge in [-0.2, -0.15) is 0 Å². The van der Waals surface area contributed by atoms with Crippen molar-refractivity contribution in [1.82, 2.24) is 19.9 Å². The first-order chi connectivity index (χ1) is 8.63. The Hall–Kier alpha value is -1.69. The first kappa shape index (κ1) is 11.4. The Balaban J connectivity index is 1.94. The number of nitrogens with zero attached hydrogens (tertiary/aromatic N) is 2. The van der Waals surface area contributed by atoms with Gasteiger partial charge in [0, 0.05) is 11.7 Å². The van der Waals surface area contributed by atoms with Crippen molar-refractivity contribution in [3.63, 3.8) is 0 Å². The minimum absolute atomic E-state index is 0.00203. The van der Waals surface area contributed by atoms with Gasteiger partial charge in [0.1, 0.15) is 6.54 Å². The van der Waals surface area contributed by atoms with Gasteiger partial charge in [0.2, 0.25) is 5.91 Å². The molecule has 1 aliphatic rings. The number of hydrogen-bond donors (Lipinski definition) is 2. The summed E-state index contributed by atoms with van der Waals surface area (Å²) in [5.74, 6) is -0.00203. The van der Waals surface area contributed by atoms with Crippen LogP contribution in [0.5, 0.6) is 0 Å². The van der Waals surface area contributed by atoms with Crippen LogP contribution in [0.4, 0.5) is 0 Å². The Morgan fingerprint density at radius 3 is 3.11 bits per heavy atom. The molecule has 1 amide bonds. The highest BCUT2D eigenvalue weighted by Gasteiger charge is 2.23. The third-order valence-corrected chi connectivity index (χ3v) is 3.32. The van der Waals surface area contributed by atoms with Crippen LogP contribution < -0.4 is 5.32 Å². The molecule has 0 aliphatic heterocycles. The maximum absolute atomic E-state index is 11.8. The number of carbonyl (C=O) groups is 1. The molecule has 1 aliphatic carbocycles. The third kappa shape index (κ3) is 2.15. The van der Waals surface area contributed by atoms with E-state index in [0.29, 0.717) is 10.8 Å². The fraction of sp³-hybridized carbons (Fsp3) is 0.417. The lowest BCUT2D eigenvalue weighted by Gasteiger charge is -2.05. The number of rotatable bonds is 3. The molecule has 0 unspecified atom stereocenters. The van der Waals surface area contributed by atoms with Crippen molar-refractivity contribution in [2.75, 3.05) is 0 Å². The van der Waals surface area contributed by atoms with Gasteiger partial charge in [-0.15, -0.1) is 0 Å². The molecule has 2 aromatic rings. The number of aryl methyl sites for hydroxylation is 1. The Morgan fingerprint density at radius 1 is 1.61 bits per heavy atom. The number of imidazole rings is 1. The number of nitrogens with one attached hydrogen (secondary N) is 2. The van der Waals surface area contributed by atoms with E-state index in [1.165, 1.54) is 0 Å².